The fourth-order valence-corrected chi connectivity index (χ4v) is 6.77. The van der Waals surface area contributed by atoms with E-state index >= 15 is 0 Å². The third-order valence-electron chi connectivity index (χ3n) is 4.78. The van der Waals surface area contributed by atoms with Gasteiger partial charge >= 0.3 is 52.9 Å². The molecular weight excluding hydrogens is 774 g/mol. The second kappa shape index (κ2) is 17.8. The second-order valence-corrected chi connectivity index (χ2v) is 15.7. The van der Waals surface area contributed by atoms with Crippen molar-refractivity contribution in [2.45, 2.75) is 61.9 Å². The fourth-order valence-electron chi connectivity index (χ4n) is 3.42. The van der Waals surface area contributed by atoms with Gasteiger partial charge in [0.25, 0.3) is 0 Å². The molecular formula is C12H32N2O26P6. The summed E-state index contributed by atoms with van der Waals surface area (Å²) in [7, 11) is -36.1. The first kappa shape index (κ1) is 46.0. The van der Waals surface area contributed by atoms with Crippen LogP contribution in [0.5, 0.6) is 0 Å². The third-order valence-corrected chi connectivity index (χ3v) is 7.89. The van der Waals surface area contributed by atoms with Crippen LogP contribution in [0.25, 0.3) is 0 Å². The lowest BCUT2D eigenvalue weighted by Crippen LogP contribution is -2.66. The van der Waals surface area contributed by atoms with Crippen LogP contribution in [0.15, 0.2) is 0 Å². The fraction of sp³-hybridized carbons (Fsp3) is 0.917. The second-order valence-electron chi connectivity index (χ2n) is 8.59. The molecule has 0 amide bonds. The standard InChI is InChI=1S/C6H14N2O2.C6H18O24P6/c7-4-2-1-3-5(8)6(9)10;7-31(8,9)25-1-2(26-32(10,11)12)4(28-34(16,17)18)6(30-36(22,23)24)5(29-35(19,20)21)3(1)27-33(13,14)15/h5H,1-4,7-8H2,(H,9,10);1-6H,(H2,7,8,9)(H2,10,11,12)(H2,13,14,15)(H2,16,17,18)(H2,19,20,21)(H2,22,23,24)/t5-;1-,2-,3-,4+,5-,6-/m0./s1. The van der Waals surface area contributed by atoms with Crippen molar-refractivity contribution in [3.63, 3.8) is 0 Å². The summed E-state index contributed by atoms with van der Waals surface area (Å²) in [5.74, 6) is -0.933. The molecule has 0 unspecified atom stereocenters. The van der Waals surface area contributed by atoms with E-state index in [0.717, 1.165) is 12.8 Å². The topological polar surface area (TPSA) is 490 Å². The quantitative estimate of drug-likeness (QED) is 0.0498. The van der Waals surface area contributed by atoms with Gasteiger partial charge in [0.15, 0.2) is 0 Å². The highest BCUT2D eigenvalue weighted by molar-refractivity contribution is 7.47. The number of rotatable bonds is 17. The molecule has 0 spiro atoms. The first-order chi connectivity index (χ1) is 20.3. The maximum Gasteiger partial charge on any atom is 0.470 e. The number of nitrogens with two attached hydrogens (primary N) is 2. The summed E-state index contributed by atoms with van der Waals surface area (Å²) in [5, 5.41) is 8.33. The van der Waals surface area contributed by atoms with E-state index < -0.39 is 95.6 Å². The highest BCUT2D eigenvalue weighted by Gasteiger charge is 2.62. The highest BCUT2D eigenvalue weighted by Crippen LogP contribution is 2.57. The molecule has 276 valence electrons. The zero-order chi connectivity index (χ0) is 36.7. The average Bonchev–Trinajstić information content (AvgIpc) is 2.76. The molecule has 1 fully saturated rings. The largest absolute Gasteiger partial charge is 0.480 e. The van der Waals surface area contributed by atoms with E-state index in [1.165, 1.54) is 0 Å². The van der Waals surface area contributed by atoms with Crippen molar-refractivity contribution in [3.8, 4) is 0 Å². The molecule has 0 aliphatic heterocycles. The molecule has 0 bridgehead atoms. The first-order valence-electron chi connectivity index (χ1n) is 11.4. The van der Waals surface area contributed by atoms with Gasteiger partial charge < -0.3 is 75.3 Å². The number of aliphatic carboxylic acids is 1. The van der Waals surface area contributed by atoms with Gasteiger partial charge in [-0.25, -0.2) is 27.4 Å². The smallest absolute Gasteiger partial charge is 0.470 e. The molecule has 0 aromatic carbocycles. The Kier molecular flexibility index (Phi) is 17.8. The van der Waals surface area contributed by atoms with Gasteiger partial charge in [-0.05, 0) is 19.4 Å². The van der Waals surface area contributed by atoms with Gasteiger partial charge in [-0.15, -0.1) is 0 Å². The number of carbonyl (C=O) groups is 1. The maximum absolute atomic E-state index is 11.4. The average molecular weight is 806 g/mol. The van der Waals surface area contributed by atoms with E-state index in [-0.39, 0.29) is 0 Å². The number of hydrogen-bond acceptors (Lipinski definition) is 15. The summed E-state index contributed by atoms with van der Waals surface area (Å²) in [6.07, 6.45) is -16.7. The van der Waals surface area contributed by atoms with Crippen LogP contribution in [0.3, 0.4) is 0 Å². The van der Waals surface area contributed by atoms with Crippen molar-refractivity contribution in [1.29, 1.82) is 0 Å². The maximum atomic E-state index is 11.4. The molecule has 1 atom stereocenters. The van der Waals surface area contributed by atoms with Gasteiger partial charge in [-0.2, -0.15) is 0 Å². The summed E-state index contributed by atoms with van der Waals surface area (Å²) in [6, 6.07) is -0.716. The van der Waals surface area contributed by atoms with Crippen molar-refractivity contribution in [1.82, 2.24) is 0 Å². The van der Waals surface area contributed by atoms with Crippen molar-refractivity contribution in [3.05, 3.63) is 0 Å². The van der Waals surface area contributed by atoms with E-state index in [0.29, 0.717) is 13.0 Å². The first-order valence-corrected chi connectivity index (χ1v) is 20.6. The summed E-state index contributed by atoms with van der Waals surface area (Å²) in [6.45, 7) is 0.604. The number of hydrogen-bond donors (Lipinski definition) is 15. The Labute approximate surface area is 256 Å². The van der Waals surface area contributed by atoms with Gasteiger partial charge in [0.2, 0.25) is 0 Å². The Hall–Kier alpha value is 0.0500. The molecule has 1 saturated carbocycles. The van der Waals surface area contributed by atoms with Crippen molar-refractivity contribution >= 4 is 52.9 Å². The van der Waals surface area contributed by atoms with Gasteiger partial charge in [-0.1, -0.05) is 6.42 Å². The number of phosphoric ester groups is 6. The highest BCUT2D eigenvalue weighted by atomic mass is 31.2. The van der Waals surface area contributed by atoms with Crippen LogP contribution >= 0.6 is 46.9 Å². The number of phosphoric acid groups is 6. The summed E-state index contributed by atoms with van der Waals surface area (Å²) < 4.78 is 93.1. The number of carboxylic acids is 1. The molecule has 46 heavy (non-hydrogen) atoms. The monoisotopic (exact) mass is 806 g/mol. The van der Waals surface area contributed by atoms with Crippen LogP contribution in [-0.2, 0) is 59.3 Å². The van der Waals surface area contributed by atoms with Crippen molar-refractivity contribution < 1.29 is 123 Å². The minimum atomic E-state index is -6.02. The minimum absolute atomic E-state index is 0.520. The van der Waals surface area contributed by atoms with E-state index in [1.54, 1.807) is 0 Å². The predicted octanol–water partition coefficient (Wildman–Crippen LogP) is -3.61. The van der Waals surface area contributed by atoms with Crippen LogP contribution in [0.1, 0.15) is 19.3 Å². The molecule has 0 aromatic rings. The molecule has 34 heteroatoms. The molecule has 0 heterocycles. The lowest BCUT2D eigenvalue weighted by Gasteiger charge is -2.48. The molecule has 0 radical (unpaired) electrons. The molecule has 1 rings (SSSR count). The van der Waals surface area contributed by atoms with Crippen molar-refractivity contribution in [2.24, 2.45) is 11.5 Å². The Morgan fingerprint density at radius 2 is 0.696 bits per heavy atom. The van der Waals surface area contributed by atoms with E-state index in [2.05, 4.69) is 27.1 Å². The van der Waals surface area contributed by atoms with Gasteiger partial charge in [0.05, 0.1) is 0 Å². The van der Waals surface area contributed by atoms with Gasteiger partial charge in [0.1, 0.15) is 42.7 Å². The van der Waals surface area contributed by atoms with Crippen LogP contribution in [0, 0.1) is 0 Å². The summed E-state index contributed by atoms with van der Waals surface area (Å²) in [5.41, 5.74) is 10.4. The molecule has 1 aliphatic carbocycles. The van der Waals surface area contributed by atoms with Gasteiger partial charge in [-0.3, -0.25) is 31.9 Å². The van der Waals surface area contributed by atoms with Crippen LogP contribution in [0.4, 0.5) is 0 Å². The Morgan fingerprint density at radius 3 is 0.826 bits per heavy atom. The molecule has 28 nitrogen and oxygen atoms in total. The Bertz CT molecular complexity index is 1050. The lowest BCUT2D eigenvalue weighted by molar-refractivity contribution is -0.202. The molecule has 17 N–H and O–H groups in total. The SMILES string of the molecule is NCCCC[C@H](N)C(=O)O.O=P(O)(O)O[C@H]1[C@H](OP(=O)(O)O)[C@@H](OP(=O)(O)O)[C@H](OP(=O)(O)O)[C@@H](OP(=O)(O)O)[C@H]1OP(=O)(O)O. The Morgan fingerprint density at radius 1 is 0.500 bits per heavy atom. The van der Waals surface area contributed by atoms with Crippen LogP contribution in [-0.4, -0.2) is 119 Å². The Balaban J connectivity index is 0.00000173. The lowest BCUT2D eigenvalue weighted by atomic mass is 9.85. The number of carboxylic acid groups (broad SMARTS) is 1. The van der Waals surface area contributed by atoms with Gasteiger partial charge in [0, 0.05) is 0 Å². The summed E-state index contributed by atoms with van der Waals surface area (Å²) >= 11 is 0. The van der Waals surface area contributed by atoms with Crippen molar-refractivity contribution in [2.75, 3.05) is 6.54 Å². The zero-order valence-electron chi connectivity index (χ0n) is 22.3. The minimum Gasteiger partial charge on any atom is -0.480 e. The van der Waals surface area contributed by atoms with Crippen LogP contribution < -0.4 is 11.5 Å². The summed E-state index contributed by atoms with van der Waals surface area (Å²) in [4.78, 5) is 120. The molecule has 0 aromatic heterocycles. The third kappa shape index (κ3) is 20.5. The van der Waals surface area contributed by atoms with E-state index in [9.17, 15) is 32.2 Å². The number of unbranched alkanes of at least 4 members (excludes halogenated alkanes) is 1. The van der Waals surface area contributed by atoms with E-state index in [4.69, 9.17) is 75.3 Å². The molecule has 0 saturated heterocycles. The predicted molar refractivity (Wildman–Crippen MR) is 140 cm³/mol. The normalized spacial score (nSPS) is 25.8. The zero-order valence-corrected chi connectivity index (χ0v) is 27.7. The van der Waals surface area contributed by atoms with E-state index in [1.807, 2.05) is 0 Å². The van der Waals surface area contributed by atoms with Crippen LogP contribution in [0.2, 0.25) is 0 Å². The molecule has 1 aliphatic rings.